The number of carbonyl (C=O) groups excluding carboxylic acids is 1. The van der Waals surface area contributed by atoms with Gasteiger partial charge in [0.15, 0.2) is 0 Å². The van der Waals surface area contributed by atoms with Crippen molar-refractivity contribution in [3.05, 3.63) is 48.0 Å². The number of rotatable bonds is 10. The Balaban J connectivity index is 1.59. The third-order valence-electron chi connectivity index (χ3n) is 5.53. The summed E-state index contributed by atoms with van der Waals surface area (Å²) in [4.78, 5) is 12.6. The molecule has 1 fully saturated rings. The summed E-state index contributed by atoms with van der Waals surface area (Å²) < 4.78 is 60.0. The van der Waals surface area contributed by atoms with Crippen molar-refractivity contribution in [3.8, 4) is 5.75 Å². The van der Waals surface area contributed by atoms with Crippen LogP contribution in [0.15, 0.2) is 52.3 Å². The zero-order chi connectivity index (χ0) is 24.8. The molecule has 11 heteroatoms. The highest BCUT2D eigenvalue weighted by Gasteiger charge is 2.26. The SMILES string of the molecule is CCOc1ccc(S(=O)(=O)NCCC(=O)Nc2cc(S(=O)(=O)N3CCCCC3)ccc2C)cc1. The lowest BCUT2D eigenvalue weighted by Crippen LogP contribution is -2.35. The fourth-order valence-electron chi connectivity index (χ4n) is 3.63. The number of nitrogens with one attached hydrogen (secondary N) is 2. The van der Waals surface area contributed by atoms with Crippen molar-refractivity contribution in [1.82, 2.24) is 9.03 Å². The number of piperidine rings is 1. The molecular weight excluding hydrogens is 478 g/mol. The molecule has 1 aliphatic rings. The van der Waals surface area contributed by atoms with E-state index < -0.39 is 26.0 Å². The number of hydrogen-bond acceptors (Lipinski definition) is 6. The second-order valence-electron chi connectivity index (χ2n) is 8.04. The number of anilines is 1. The van der Waals surface area contributed by atoms with Gasteiger partial charge in [-0.3, -0.25) is 4.79 Å². The van der Waals surface area contributed by atoms with Gasteiger partial charge >= 0.3 is 0 Å². The zero-order valence-corrected chi connectivity index (χ0v) is 21.0. The summed E-state index contributed by atoms with van der Waals surface area (Å²) in [5.74, 6) is 0.144. The average Bonchev–Trinajstić information content (AvgIpc) is 2.81. The van der Waals surface area contributed by atoms with E-state index in [-0.39, 0.29) is 22.8 Å². The summed E-state index contributed by atoms with van der Waals surface area (Å²) in [5.41, 5.74) is 1.10. The highest BCUT2D eigenvalue weighted by Crippen LogP contribution is 2.25. The number of ether oxygens (including phenoxy) is 1. The molecule has 1 aliphatic heterocycles. The molecule has 2 aromatic rings. The Labute approximate surface area is 201 Å². The molecule has 186 valence electrons. The van der Waals surface area contributed by atoms with E-state index in [1.807, 2.05) is 6.92 Å². The number of sulfonamides is 2. The topological polar surface area (TPSA) is 122 Å². The van der Waals surface area contributed by atoms with Gasteiger partial charge in [-0.25, -0.2) is 21.6 Å². The highest BCUT2D eigenvalue weighted by molar-refractivity contribution is 7.89. The Morgan fingerprint density at radius 1 is 0.971 bits per heavy atom. The largest absolute Gasteiger partial charge is 0.494 e. The summed E-state index contributed by atoms with van der Waals surface area (Å²) in [5, 5.41) is 2.70. The fourth-order valence-corrected chi connectivity index (χ4v) is 6.20. The van der Waals surface area contributed by atoms with Gasteiger partial charge in [-0.2, -0.15) is 4.31 Å². The Morgan fingerprint density at radius 2 is 1.62 bits per heavy atom. The zero-order valence-electron chi connectivity index (χ0n) is 19.4. The minimum Gasteiger partial charge on any atom is -0.494 e. The fraction of sp³-hybridized carbons (Fsp3) is 0.435. The monoisotopic (exact) mass is 509 g/mol. The van der Waals surface area contributed by atoms with E-state index in [0.717, 1.165) is 19.3 Å². The van der Waals surface area contributed by atoms with Crippen LogP contribution in [-0.4, -0.2) is 53.3 Å². The van der Waals surface area contributed by atoms with Crippen molar-refractivity contribution >= 4 is 31.6 Å². The molecule has 1 heterocycles. The van der Waals surface area contributed by atoms with Gasteiger partial charge in [-0.15, -0.1) is 0 Å². The van der Waals surface area contributed by atoms with Crippen LogP contribution in [0, 0.1) is 6.92 Å². The third kappa shape index (κ3) is 6.56. The quantitative estimate of drug-likeness (QED) is 0.508. The Hall–Kier alpha value is -2.47. The van der Waals surface area contributed by atoms with E-state index in [0.29, 0.717) is 36.7 Å². The molecule has 0 aliphatic carbocycles. The van der Waals surface area contributed by atoms with Crippen LogP contribution in [0.25, 0.3) is 0 Å². The Kier molecular flexibility index (Phi) is 8.69. The molecule has 1 saturated heterocycles. The number of benzene rings is 2. The van der Waals surface area contributed by atoms with E-state index in [1.165, 1.54) is 22.5 Å². The first-order chi connectivity index (χ1) is 16.1. The number of hydrogen-bond donors (Lipinski definition) is 2. The van der Waals surface area contributed by atoms with Crippen molar-refractivity contribution in [2.75, 3.05) is 31.6 Å². The van der Waals surface area contributed by atoms with Crippen molar-refractivity contribution in [1.29, 1.82) is 0 Å². The van der Waals surface area contributed by atoms with Crippen molar-refractivity contribution in [2.24, 2.45) is 0 Å². The number of aryl methyl sites for hydroxylation is 1. The summed E-state index contributed by atoms with van der Waals surface area (Å²) in [7, 11) is -7.41. The van der Waals surface area contributed by atoms with E-state index in [1.54, 1.807) is 31.2 Å². The van der Waals surface area contributed by atoms with Crippen molar-refractivity contribution in [2.45, 2.75) is 49.3 Å². The first-order valence-corrected chi connectivity index (χ1v) is 14.2. The van der Waals surface area contributed by atoms with Crippen LogP contribution in [0.3, 0.4) is 0 Å². The summed E-state index contributed by atoms with van der Waals surface area (Å²) in [6.45, 7) is 4.96. The molecule has 0 saturated carbocycles. The van der Waals surface area contributed by atoms with E-state index in [2.05, 4.69) is 10.0 Å². The summed E-state index contributed by atoms with van der Waals surface area (Å²) in [6, 6.07) is 10.7. The molecule has 0 unspecified atom stereocenters. The maximum Gasteiger partial charge on any atom is 0.243 e. The van der Waals surface area contributed by atoms with Crippen LogP contribution in [0.4, 0.5) is 5.69 Å². The molecule has 0 atom stereocenters. The molecular formula is C23H31N3O6S2. The van der Waals surface area contributed by atoms with Gasteiger partial charge in [0, 0.05) is 31.7 Å². The smallest absolute Gasteiger partial charge is 0.243 e. The van der Waals surface area contributed by atoms with E-state index >= 15 is 0 Å². The first kappa shape index (κ1) is 26.1. The van der Waals surface area contributed by atoms with Crippen LogP contribution < -0.4 is 14.8 Å². The summed E-state index contributed by atoms with van der Waals surface area (Å²) in [6.07, 6.45) is 2.57. The van der Waals surface area contributed by atoms with Gasteiger partial charge in [0.05, 0.1) is 16.4 Å². The van der Waals surface area contributed by atoms with Gasteiger partial charge < -0.3 is 10.1 Å². The van der Waals surface area contributed by atoms with Crippen molar-refractivity contribution in [3.63, 3.8) is 0 Å². The first-order valence-electron chi connectivity index (χ1n) is 11.3. The van der Waals surface area contributed by atoms with Crippen LogP contribution in [0.1, 0.15) is 38.2 Å². The lowest BCUT2D eigenvalue weighted by atomic mass is 10.2. The minimum absolute atomic E-state index is 0.0721. The normalized spacial score (nSPS) is 15.1. The molecule has 34 heavy (non-hydrogen) atoms. The van der Waals surface area contributed by atoms with Crippen LogP contribution >= 0.6 is 0 Å². The minimum atomic E-state index is -3.78. The molecule has 9 nitrogen and oxygen atoms in total. The van der Waals surface area contributed by atoms with Crippen LogP contribution in [0.2, 0.25) is 0 Å². The molecule has 3 rings (SSSR count). The van der Waals surface area contributed by atoms with Crippen molar-refractivity contribution < 1.29 is 26.4 Å². The standard InChI is InChI=1S/C23H31N3O6S2/c1-3-32-19-8-11-20(12-9-19)33(28,29)24-14-13-23(27)25-22-17-21(10-7-18(22)2)34(30,31)26-15-5-4-6-16-26/h7-12,17,24H,3-6,13-16H2,1-2H3,(H,25,27). The maximum atomic E-state index is 12.9. The molecule has 2 N–H and O–H groups in total. The Morgan fingerprint density at radius 3 is 2.26 bits per heavy atom. The Bertz CT molecular complexity index is 1210. The predicted molar refractivity (Wildman–Crippen MR) is 130 cm³/mol. The van der Waals surface area contributed by atoms with Gasteiger partial charge in [0.1, 0.15) is 5.75 Å². The lowest BCUT2D eigenvalue weighted by molar-refractivity contribution is -0.116. The second-order valence-corrected chi connectivity index (χ2v) is 11.7. The average molecular weight is 510 g/mol. The summed E-state index contributed by atoms with van der Waals surface area (Å²) >= 11 is 0. The van der Waals surface area contributed by atoms with E-state index in [9.17, 15) is 21.6 Å². The van der Waals surface area contributed by atoms with Gasteiger partial charge in [0.25, 0.3) is 0 Å². The van der Waals surface area contributed by atoms with Gasteiger partial charge in [-0.05, 0) is 68.7 Å². The van der Waals surface area contributed by atoms with Crippen LogP contribution in [-0.2, 0) is 24.8 Å². The van der Waals surface area contributed by atoms with E-state index in [4.69, 9.17) is 4.74 Å². The van der Waals surface area contributed by atoms with Crippen LogP contribution in [0.5, 0.6) is 5.75 Å². The molecule has 0 radical (unpaired) electrons. The number of nitrogens with zero attached hydrogens (tertiary/aromatic N) is 1. The molecule has 0 bridgehead atoms. The van der Waals surface area contributed by atoms with Gasteiger partial charge in [-0.1, -0.05) is 12.5 Å². The molecule has 2 aromatic carbocycles. The predicted octanol–water partition coefficient (Wildman–Crippen LogP) is 2.88. The molecule has 1 amide bonds. The second kappa shape index (κ2) is 11.3. The highest BCUT2D eigenvalue weighted by atomic mass is 32.2. The van der Waals surface area contributed by atoms with Gasteiger partial charge in [0.2, 0.25) is 26.0 Å². The number of carbonyl (C=O) groups is 1. The number of amides is 1. The molecule has 0 aromatic heterocycles. The maximum absolute atomic E-state index is 12.9. The lowest BCUT2D eigenvalue weighted by Gasteiger charge is -2.26. The molecule has 0 spiro atoms. The third-order valence-corrected chi connectivity index (χ3v) is 8.90.